The standard InChI is InChI=1S/C16H17F2N5O2S/c1-19-14-6-11-13(7-12(14)17)20-10-21-15(11)23-5-3-4-16(18,9-23)8-22-26(2,24)25/h6-7,10,22H,3-5,8-9H2,2H3. The molecule has 0 saturated carbocycles. The third kappa shape index (κ3) is 3.89. The average Bonchev–Trinajstić information content (AvgIpc) is 2.58. The average molecular weight is 381 g/mol. The number of benzene rings is 1. The van der Waals surface area contributed by atoms with E-state index >= 15 is 4.39 Å². The van der Waals surface area contributed by atoms with Crippen molar-refractivity contribution in [2.24, 2.45) is 0 Å². The van der Waals surface area contributed by atoms with Crippen LogP contribution in [0.3, 0.4) is 0 Å². The summed E-state index contributed by atoms with van der Waals surface area (Å²) in [5.74, 6) is -0.269. The highest BCUT2D eigenvalue weighted by molar-refractivity contribution is 7.88. The van der Waals surface area contributed by atoms with Crippen LogP contribution in [-0.2, 0) is 10.0 Å². The molecule has 10 heteroatoms. The van der Waals surface area contributed by atoms with E-state index in [-0.39, 0.29) is 25.2 Å². The molecule has 3 rings (SSSR count). The summed E-state index contributed by atoms with van der Waals surface area (Å²) in [6.07, 6.45) is 2.97. The van der Waals surface area contributed by atoms with Crippen LogP contribution in [0.5, 0.6) is 0 Å². The third-order valence-electron chi connectivity index (χ3n) is 4.28. The summed E-state index contributed by atoms with van der Waals surface area (Å²) in [7, 11) is -3.50. The molecular formula is C16H17F2N5O2S. The van der Waals surface area contributed by atoms with Crippen LogP contribution in [0.15, 0.2) is 18.5 Å². The summed E-state index contributed by atoms with van der Waals surface area (Å²) < 4.78 is 53.7. The monoisotopic (exact) mass is 381 g/mol. The molecule has 138 valence electrons. The van der Waals surface area contributed by atoms with Gasteiger partial charge in [-0.1, -0.05) is 0 Å². The molecule has 0 amide bonds. The van der Waals surface area contributed by atoms with Crippen LogP contribution in [0.4, 0.5) is 20.3 Å². The van der Waals surface area contributed by atoms with Gasteiger partial charge in [-0.3, -0.25) is 0 Å². The maximum Gasteiger partial charge on any atom is 0.222 e. The second-order valence-electron chi connectivity index (χ2n) is 6.40. The Hall–Kier alpha value is -2.38. The minimum absolute atomic E-state index is 0.0631. The number of halogens is 2. The molecule has 2 heterocycles. The Morgan fingerprint density at radius 1 is 1.42 bits per heavy atom. The lowest BCUT2D eigenvalue weighted by Crippen LogP contribution is -2.51. The van der Waals surface area contributed by atoms with E-state index in [9.17, 15) is 12.8 Å². The number of rotatable bonds is 4. The fraction of sp³-hybridized carbons (Fsp3) is 0.438. The van der Waals surface area contributed by atoms with Crippen LogP contribution < -0.4 is 9.62 Å². The molecule has 26 heavy (non-hydrogen) atoms. The zero-order valence-corrected chi connectivity index (χ0v) is 14.9. The van der Waals surface area contributed by atoms with E-state index in [1.54, 1.807) is 4.90 Å². The van der Waals surface area contributed by atoms with Gasteiger partial charge in [0.1, 0.15) is 23.6 Å². The van der Waals surface area contributed by atoms with Crippen molar-refractivity contribution in [1.29, 1.82) is 0 Å². The van der Waals surface area contributed by atoms with E-state index in [1.807, 2.05) is 0 Å². The molecule has 7 nitrogen and oxygen atoms in total. The molecule has 1 aromatic carbocycles. The van der Waals surface area contributed by atoms with Gasteiger partial charge in [0.05, 0.1) is 24.9 Å². The van der Waals surface area contributed by atoms with Crippen molar-refractivity contribution < 1.29 is 17.2 Å². The van der Waals surface area contributed by atoms with Crippen molar-refractivity contribution in [3.63, 3.8) is 0 Å². The maximum atomic E-state index is 15.1. The van der Waals surface area contributed by atoms with E-state index in [0.717, 1.165) is 12.3 Å². The van der Waals surface area contributed by atoms with Gasteiger partial charge in [-0.15, -0.1) is 0 Å². The number of hydrogen-bond donors (Lipinski definition) is 1. The lowest BCUT2D eigenvalue weighted by Gasteiger charge is -2.38. The molecule has 0 spiro atoms. The first-order chi connectivity index (χ1) is 12.2. The highest BCUT2D eigenvalue weighted by Crippen LogP contribution is 2.33. The minimum atomic E-state index is -3.50. The lowest BCUT2D eigenvalue weighted by atomic mass is 9.94. The Labute approximate surface area is 149 Å². The fourth-order valence-electron chi connectivity index (χ4n) is 3.06. The summed E-state index contributed by atoms with van der Waals surface area (Å²) in [6.45, 7) is 7.18. The Bertz CT molecular complexity index is 992. The van der Waals surface area contributed by atoms with Gasteiger partial charge in [0.2, 0.25) is 15.7 Å². The molecule has 1 aromatic heterocycles. The normalized spacial score (nSPS) is 20.9. The molecule has 1 N–H and O–H groups in total. The molecule has 1 aliphatic heterocycles. The number of hydrogen-bond acceptors (Lipinski definition) is 5. The summed E-state index contributed by atoms with van der Waals surface area (Å²) >= 11 is 0. The molecule has 1 atom stereocenters. The number of aromatic nitrogens is 2. The topological polar surface area (TPSA) is 79.5 Å². The predicted octanol–water partition coefficient (Wildman–Crippen LogP) is 2.18. The molecule has 1 aliphatic rings. The number of alkyl halides is 1. The summed E-state index contributed by atoms with van der Waals surface area (Å²) in [6, 6.07) is 2.52. The smallest absolute Gasteiger partial charge is 0.222 e. The zero-order valence-electron chi connectivity index (χ0n) is 14.0. The summed E-state index contributed by atoms with van der Waals surface area (Å²) in [5, 5.41) is 0.459. The lowest BCUT2D eigenvalue weighted by molar-refractivity contribution is 0.141. The van der Waals surface area contributed by atoms with Crippen LogP contribution in [-0.4, -0.2) is 49.9 Å². The van der Waals surface area contributed by atoms with Crippen molar-refractivity contribution in [2.75, 3.05) is 30.8 Å². The zero-order chi connectivity index (χ0) is 18.9. The predicted molar refractivity (Wildman–Crippen MR) is 93.9 cm³/mol. The maximum absolute atomic E-state index is 15.1. The molecule has 1 fully saturated rings. The first-order valence-corrected chi connectivity index (χ1v) is 9.80. The van der Waals surface area contributed by atoms with Gasteiger partial charge in [-0.05, 0) is 25.0 Å². The number of fused-ring (bicyclic) bond motifs is 1. The molecule has 1 unspecified atom stereocenters. The fourth-order valence-corrected chi connectivity index (χ4v) is 3.58. The van der Waals surface area contributed by atoms with E-state index in [2.05, 4.69) is 19.5 Å². The minimum Gasteiger partial charge on any atom is -0.353 e. The van der Waals surface area contributed by atoms with Crippen LogP contribution in [0.1, 0.15) is 12.8 Å². The number of nitrogens with zero attached hydrogens (tertiary/aromatic N) is 4. The highest BCUT2D eigenvalue weighted by atomic mass is 32.2. The largest absolute Gasteiger partial charge is 0.353 e. The van der Waals surface area contributed by atoms with Crippen LogP contribution >= 0.6 is 0 Å². The first kappa shape index (κ1) is 18.4. The number of piperidine rings is 1. The van der Waals surface area contributed by atoms with Crippen LogP contribution in [0.2, 0.25) is 0 Å². The van der Waals surface area contributed by atoms with Crippen molar-refractivity contribution in [2.45, 2.75) is 18.5 Å². The Morgan fingerprint density at radius 2 is 2.19 bits per heavy atom. The molecule has 0 radical (unpaired) electrons. The van der Waals surface area contributed by atoms with Gasteiger partial charge < -0.3 is 4.90 Å². The SMILES string of the molecule is [C-]#[N+]c1cc2c(N3CCCC(F)(CNS(C)(=O)=O)C3)ncnc2cc1F. The number of nitrogens with one attached hydrogen (secondary N) is 1. The van der Waals surface area contributed by atoms with Crippen molar-refractivity contribution in [3.05, 3.63) is 35.7 Å². The molecule has 1 saturated heterocycles. The van der Waals surface area contributed by atoms with Crippen molar-refractivity contribution in [3.8, 4) is 0 Å². The third-order valence-corrected chi connectivity index (χ3v) is 4.95. The van der Waals surface area contributed by atoms with E-state index in [1.165, 1.54) is 12.4 Å². The second kappa shape index (κ2) is 6.74. The number of anilines is 1. The van der Waals surface area contributed by atoms with E-state index < -0.39 is 21.5 Å². The van der Waals surface area contributed by atoms with E-state index in [4.69, 9.17) is 6.57 Å². The van der Waals surface area contributed by atoms with Gasteiger partial charge >= 0.3 is 0 Å². The quantitative estimate of drug-likeness (QED) is 0.822. The van der Waals surface area contributed by atoms with Crippen molar-refractivity contribution in [1.82, 2.24) is 14.7 Å². The number of sulfonamides is 1. The van der Waals surface area contributed by atoms with Gasteiger partial charge in [0, 0.05) is 18.5 Å². The van der Waals surface area contributed by atoms with Gasteiger partial charge in [0.25, 0.3) is 0 Å². The van der Waals surface area contributed by atoms with Gasteiger partial charge in [0.15, 0.2) is 0 Å². The molecular weight excluding hydrogens is 364 g/mol. The van der Waals surface area contributed by atoms with Gasteiger partial charge in [-0.2, -0.15) is 0 Å². The summed E-state index contributed by atoms with van der Waals surface area (Å²) in [5.41, 5.74) is -1.58. The Balaban J connectivity index is 1.94. The molecule has 0 aliphatic carbocycles. The van der Waals surface area contributed by atoms with Gasteiger partial charge in [-0.25, -0.2) is 36.7 Å². The Morgan fingerprint density at radius 3 is 2.88 bits per heavy atom. The highest BCUT2D eigenvalue weighted by Gasteiger charge is 2.37. The Kier molecular flexibility index (Phi) is 4.77. The van der Waals surface area contributed by atoms with E-state index in [0.29, 0.717) is 29.7 Å². The van der Waals surface area contributed by atoms with Crippen LogP contribution in [0, 0.1) is 12.4 Å². The van der Waals surface area contributed by atoms with Crippen molar-refractivity contribution >= 4 is 32.4 Å². The first-order valence-electron chi connectivity index (χ1n) is 7.91. The molecule has 0 bridgehead atoms. The summed E-state index contributed by atoms with van der Waals surface area (Å²) in [4.78, 5) is 13.0. The van der Waals surface area contributed by atoms with Crippen LogP contribution in [0.25, 0.3) is 15.7 Å². The molecule has 2 aromatic rings. The second-order valence-corrected chi connectivity index (χ2v) is 8.23.